The van der Waals surface area contributed by atoms with E-state index in [-0.39, 0.29) is 17.7 Å². The van der Waals surface area contributed by atoms with Crippen molar-refractivity contribution in [3.63, 3.8) is 0 Å². The third kappa shape index (κ3) is 5.51. The van der Waals surface area contributed by atoms with Crippen LogP contribution < -0.4 is 10.1 Å². The Hall–Kier alpha value is -2.80. The number of rotatable bonds is 9. The molecule has 0 unspecified atom stereocenters. The molecule has 1 aliphatic heterocycles. The molecule has 1 aromatic heterocycles. The van der Waals surface area contributed by atoms with Crippen molar-refractivity contribution in [2.24, 2.45) is 5.92 Å². The van der Waals surface area contributed by atoms with E-state index in [4.69, 9.17) is 9.47 Å². The molecule has 7 heteroatoms. The highest BCUT2D eigenvalue weighted by molar-refractivity contribution is 5.96. The standard InChI is InChI=1S/C25H35N3O4/c1-5-32-16-6-13-26-24(29)20-11-14-27(15-12-20)25(30)23-17-18(2)28(19(23)3)21-7-9-22(31-4)10-8-21/h7-10,17,20H,5-6,11-16H2,1-4H3,(H,26,29). The number of hydrogen-bond acceptors (Lipinski definition) is 4. The van der Waals surface area contributed by atoms with Gasteiger partial charge in [0.1, 0.15) is 5.75 Å². The van der Waals surface area contributed by atoms with Crippen LogP contribution in [0.5, 0.6) is 5.75 Å². The van der Waals surface area contributed by atoms with E-state index < -0.39 is 0 Å². The smallest absolute Gasteiger partial charge is 0.255 e. The average molecular weight is 442 g/mol. The van der Waals surface area contributed by atoms with Gasteiger partial charge in [-0.25, -0.2) is 0 Å². The second kappa shape index (κ2) is 11.2. The van der Waals surface area contributed by atoms with Gasteiger partial charge in [-0.05, 0) is 70.4 Å². The lowest BCUT2D eigenvalue weighted by Crippen LogP contribution is -2.43. The number of piperidine rings is 1. The molecule has 2 heterocycles. The lowest BCUT2D eigenvalue weighted by atomic mass is 9.95. The number of hydrogen-bond donors (Lipinski definition) is 1. The number of aryl methyl sites for hydroxylation is 1. The van der Waals surface area contributed by atoms with Gasteiger partial charge in [-0.2, -0.15) is 0 Å². The van der Waals surface area contributed by atoms with Crippen LogP contribution in [0.3, 0.4) is 0 Å². The van der Waals surface area contributed by atoms with Gasteiger partial charge in [0, 0.05) is 55.8 Å². The Labute approximate surface area is 190 Å². The van der Waals surface area contributed by atoms with E-state index in [1.807, 2.05) is 56.0 Å². The molecule has 1 saturated heterocycles. The maximum atomic E-state index is 13.2. The van der Waals surface area contributed by atoms with E-state index >= 15 is 0 Å². The largest absolute Gasteiger partial charge is 0.497 e. The van der Waals surface area contributed by atoms with E-state index in [1.165, 1.54) is 0 Å². The predicted octanol–water partition coefficient (Wildman–Crippen LogP) is 3.50. The van der Waals surface area contributed by atoms with Crippen LogP contribution in [0.15, 0.2) is 30.3 Å². The fraction of sp³-hybridized carbons (Fsp3) is 0.520. The maximum Gasteiger partial charge on any atom is 0.255 e. The molecule has 174 valence electrons. The first-order chi connectivity index (χ1) is 15.5. The highest BCUT2D eigenvalue weighted by Crippen LogP contribution is 2.25. The molecule has 0 saturated carbocycles. The van der Waals surface area contributed by atoms with Gasteiger partial charge in [-0.1, -0.05) is 0 Å². The number of amides is 2. The summed E-state index contributed by atoms with van der Waals surface area (Å²) < 4.78 is 12.6. The summed E-state index contributed by atoms with van der Waals surface area (Å²) in [5, 5.41) is 3.00. The van der Waals surface area contributed by atoms with Crippen molar-refractivity contribution in [3.05, 3.63) is 47.3 Å². The van der Waals surface area contributed by atoms with Crippen LogP contribution in [0.25, 0.3) is 5.69 Å². The van der Waals surface area contributed by atoms with Gasteiger partial charge in [-0.15, -0.1) is 0 Å². The maximum absolute atomic E-state index is 13.2. The monoisotopic (exact) mass is 441 g/mol. The fourth-order valence-corrected chi connectivity index (χ4v) is 4.30. The first-order valence-electron chi connectivity index (χ1n) is 11.4. The fourth-order valence-electron chi connectivity index (χ4n) is 4.30. The lowest BCUT2D eigenvalue weighted by molar-refractivity contribution is -0.126. The van der Waals surface area contributed by atoms with Crippen molar-refractivity contribution < 1.29 is 19.1 Å². The number of methoxy groups -OCH3 is 1. The number of nitrogens with zero attached hydrogens (tertiary/aromatic N) is 2. The van der Waals surface area contributed by atoms with Crippen molar-refractivity contribution >= 4 is 11.8 Å². The summed E-state index contributed by atoms with van der Waals surface area (Å²) >= 11 is 0. The van der Waals surface area contributed by atoms with E-state index in [1.54, 1.807) is 7.11 Å². The zero-order valence-electron chi connectivity index (χ0n) is 19.6. The minimum absolute atomic E-state index is 0.0297. The summed E-state index contributed by atoms with van der Waals surface area (Å²) in [6.07, 6.45) is 2.21. The summed E-state index contributed by atoms with van der Waals surface area (Å²) in [4.78, 5) is 27.5. The number of carbonyl (C=O) groups excluding carboxylic acids is 2. The predicted molar refractivity (Wildman–Crippen MR) is 125 cm³/mol. The summed E-state index contributed by atoms with van der Waals surface area (Å²) in [6, 6.07) is 9.78. The third-order valence-electron chi connectivity index (χ3n) is 6.11. The summed E-state index contributed by atoms with van der Waals surface area (Å²) in [7, 11) is 1.65. The molecule has 2 aromatic rings. The molecular weight excluding hydrogens is 406 g/mol. The van der Waals surface area contributed by atoms with Crippen LogP contribution in [0, 0.1) is 19.8 Å². The molecule has 32 heavy (non-hydrogen) atoms. The quantitative estimate of drug-likeness (QED) is 0.605. The van der Waals surface area contributed by atoms with Gasteiger partial charge in [0.15, 0.2) is 0 Å². The van der Waals surface area contributed by atoms with Crippen LogP contribution in [0.4, 0.5) is 0 Å². The van der Waals surface area contributed by atoms with Crippen molar-refractivity contribution in [1.82, 2.24) is 14.8 Å². The number of benzene rings is 1. The summed E-state index contributed by atoms with van der Waals surface area (Å²) in [6.45, 7) is 9.15. The Morgan fingerprint density at radius 2 is 1.81 bits per heavy atom. The van der Waals surface area contributed by atoms with Gasteiger partial charge in [0.25, 0.3) is 5.91 Å². The van der Waals surface area contributed by atoms with Crippen LogP contribution in [0.1, 0.15) is 47.9 Å². The van der Waals surface area contributed by atoms with Gasteiger partial charge in [-0.3, -0.25) is 9.59 Å². The molecule has 0 atom stereocenters. The van der Waals surface area contributed by atoms with Gasteiger partial charge in [0.05, 0.1) is 12.7 Å². The Bertz CT molecular complexity index is 912. The molecule has 1 aliphatic rings. The highest BCUT2D eigenvalue weighted by atomic mass is 16.5. The molecular formula is C25H35N3O4. The van der Waals surface area contributed by atoms with Crippen LogP contribution in [0.2, 0.25) is 0 Å². The van der Waals surface area contributed by atoms with Crippen molar-refractivity contribution in [3.8, 4) is 11.4 Å². The molecule has 0 spiro atoms. The first kappa shape index (κ1) is 23.9. The van der Waals surface area contributed by atoms with Crippen molar-refractivity contribution in [2.45, 2.75) is 40.0 Å². The second-order valence-corrected chi connectivity index (χ2v) is 8.23. The molecule has 1 fully saturated rings. The molecule has 3 rings (SSSR count). The van der Waals surface area contributed by atoms with Gasteiger partial charge < -0.3 is 24.3 Å². The number of carbonyl (C=O) groups is 2. The van der Waals surface area contributed by atoms with Gasteiger partial charge >= 0.3 is 0 Å². The van der Waals surface area contributed by atoms with E-state index in [0.29, 0.717) is 45.7 Å². The van der Waals surface area contributed by atoms with Gasteiger partial charge in [0.2, 0.25) is 5.91 Å². The third-order valence-corrected chi connectivity index (χ3v) is 6.11. The SMILES string of the molecule is CCOCCCNC(=O)C1CCN(C(=O)c2cc(C)n(-c3ccc(OC)cc3)c2C)CC1. The van der Waals surface area contributed by atoms with E-state index in [0.717, 1.165) is 34.8 Å². The molecule has 0 bridgehead atoms. The highest BCUT2D eigenvalue weighted by Gasteiger charge is 2.29. The molecule has 1 N–H and O–H groups in total. The Morgan fingerprint density at radius 3 is 2.44 bits per heavy atom. The van der Waals surface area contributed by atoms with Crippen LogP contribution in [-0.4, -0.2) is 61.2 Å². The van der Waals surface area contributed by atoms with Crippen LogP contribution in [-0.2, 0) is 9.53 Å². The number of aromatic nitrogens is 1. The minimum atomic E-state index is -0.0297. The minimum Gasteiger partial charge on any atom is -0.497 e. The molecule has 1 aromatic carbocycles. The Balaban J connectivity index is 1.59. The lowest BCUT2D eigenvalue weighted by Gasteiger charge is -2.31. The molecule has 7 nitrogen and oxygen atoms in total. The zero-order chi connectivity index (χ0) is 23.1. The van der Waals surface area contributed by atoms with Crippen LogP contribution >= 0.6 is 0 Å². The Morgan fingerprint density at radius 1 is 1.12 bits per heavy atom. The zero-order valence-corrected chi connectivity index (χ0v) is 19.6. The molecule has 2 amide bonds. The normalized spacial score (nSPS) is 14.4. The molecule has 0 aliphatic carbocycles. The summed E-state index contributed by atoms with van der Waals surface area (Å²) in [5.41, 5.74) is 3.65. The topological polar surface area (TPSA) is 72.8 Å². The average Bonchev–Trinajstić information content (AvgIpc) is 3.12. The number of likely N-dealkylation sites (tertiary alicyclic amines) is 1. The second-order valence-electron chi connectivity index (χ2n) is 8.23. The van der Waals surface area contributed by atoms with E-state index in [9.17, 15) is 9.59 Å². The first-order valence-corrected chi connectivity index (χ1v) is 11.4. The summed E-state index contributed by atoms with van der Waals surface area (Å²) in [5.74, 6) is 0.895. The Kier molecular flexibility index (Phi) is 8.33. The number of nitrogens with one attached hydrogen (secondary N) is 1. The number of ether oxygens (including phenoxy) is 2. The molecule has 0 radical (unpaired) electrons. The van der Waals surface area contributed by atoms with Crippen molar-refractivity contribution in [1.29, 1.82) is 0 Å². The van der Waals surface area contributed by atoms with E-state index in [2.05, 4.69) is 9.88 Å². The van der Waals surface area contributed by atoms with Crippen molar-refractivity contribution in [2.75, 3.05) is 40.0 Å².